The van der Waals surface area contributed by atoms with E-state index in [4.69, 9.17) is 4.74 Å². The lowest BCUT2D eigenvalue weighted by molar-refractivity contribution is -0.148. The van der Waals surface area contributed by atoms with E-state index in [0.717, 1.165) is 0 Å². The number of rotatable bonds is 3. The Balaban J connectivity index is 2.20. The number of carboxylic acids is 1. The number of aromatic hydroxyl groups is 1. The summed E-state index contributed by atoms with van der Waals surface area (Å²) in [4.78, 5) is 23.6. The predicted molar refractivity (Wildman–Crippen MR) is 73.7 cm³/mol. The largest absolute Gasteiger partial charge is 0.507 e. The molecule has 0 unspecified atom stereocenters. The molecule has 1 aromatic rings. The first-order valence-electron chi connectivity index (χ1n) is 6.07. The summed E-state index contributed by atoms with van der Waals surface area (Å²) in [5.74, 6) is -1.68. The van der Waals surface area contributed by atoms with E-state index in [1.165, 1.54) is 18.2 Å². The molecule has 0 bridgehead atoms. The van der Waals surface area contributed by atoms with Crippen LogP contribution in [0.2, 0.25) is 0 Å². The van der Waals surface area contributed by atoms with Crippen LogP contribution in [0.4, 0.5) is 0 Å². The molecular weight excluding hydrogens is 330 g/mol. The molecule has 2 rings (SSSR count). The lowest BCUT2D eigenvalue weighted by Gasteiger charge is -2.33. The van der Waals surface area contributed by atoms with Crippen LogP contribution in [0, 0.1) is 0 Å². The minimum atomic E-state index is -1.31. The van der Waals surface area contributed by atoms with Gasteiger partial charge in [0.25, 0.3) is 5.91 Å². The minimum absolute atomic E-state index is 0.0750. The number of halogens is 1. The Morgan fingerprint density at radius 3 is 2.50 bits per heavy atom. The first-order valence-corrected chi connectivity index (χ1v) is 6.86. The summed E-state index contributed by atoms with van der Waals surface area (Å²) >= 11 is 3.12. The topological polar surface area (TPSA) is 95.9 Å². The van der Waals surface area contributed by atoms with E-state index < -0.39 is 17.4 Å². The molecule has 1 aliphatic heterocycles. The van der Waals surface area contributed by atoms with Crippen LogP contribution in [0.5, 0.6) is 5.75 Å². The normalized spacial score (nSPS) is 17.4. The van der Waals surface area contributed by atoms with Gasteiger partial charge in [-0.3, -0.25) is 4.79 Å². The zero-order valence-corrected chi connectivity index (χ0v) is 12.1. The number of hydrogen-bond donors (Lipinski definition) is 3. The molecule has 1 heterocycles. The van der Waals surface area contributed by atoms with Crippen LogP contribution in [0.3, 0.4) is 0 Å². The number of aliphatic carboxylic acids is 1. The Bertz CT molecular complexity index is 540. The fourth-order valence-corrected chi connectivity index (χ4v) is 2.30. The maximum atomic E-state index is 12.1. The van der Waals surface area contributed by atoms with Gasteiger partial charge in [-0.15, -0.1) is 0 Å². The molecule has 0 saturated carbocycles. The molecule has 1 fully saturated rings. The summed E-state index contributed by atoms with van der Waals surface area (Å²) in [6.45, 7) is 0.580. The number of ether oxygens (including phenoxy) is 1. The van der Waals surface area contributed by atoms with Gasteiger partial charge in [0.15, 0.2) is 0 Å². The molecular formula is C13H14BrNO5. The van der Waals surface area contributed by atoms with Crippen molar-refractivity contribution in [1.29, 1.82) is 0 Å². The summed E-state index contributed by atoms with van der Waals surface area (Å²) in [6, 6.07) is 4.32. The number of amides is 1. The van der Waals surface area contributed by atoms with Gasteiger partial charge in [-0.25, -0.2) is 4.79 Å². The molecule has 6 nitrogen and oxygen atoms in total. The van der Waals surface area contributed by atoms with Crippen LogP contribution in [-0.2, 0) is 9.53 Å². The second-order valence-corrected chi connectivity index (χ2v) is 5.47. The van der Waals surface area contributed by atoms with Crippen molar-refractivity contribution < 1.29 is 24.5 Å². The standard InChI is InChI=1S/C13H14BrNO5/c14-9-2-1-8(7-10(9)16)11(17)15-13(12(18)19)3-5-20-6-4-13/h1-2,7,16H,3-6H2,(H,15,17)(H,18,19). The molecule has 7 heteroatoms. The van der Waals surface area contributed by atoms with Crippen LogP contribution >= 0.6 is 15.9 Å². The lowest BCUT2D eigenvalue weighted by Crippen LogP contribution is -2.57. The Labute approximate surface area is 123 Å². The molecule has 1 saturated heterocycles. The zero-order chi connectivity index (χ0) is 14.8. The van der Waals surface area contributed by atoms with Crippen LogP contribution < -0.4 is 5.32 Å². The average Bonchev–Trinajstić information content (AvgIpc) is 2.42. The lowest BCUT2D eigenvalue weighted by atomic mass is 9.89. The van der Waals surface area contributed by atoms with Crippen molar-refractivity contribution >= 4 is 27.8 Å². The SMILES string of the molecule is O=C(NC1(C(=O)O)CCOCC1)c1ccc(Br)c(O)c1. The van der Waals surface area contributed by atoms with Gasteiger partial charge < -0.3 is 20.3 Å². The maximum absolute atomic E-state index is 12.1. The van der Waals surface area contributed by atoms with E-state index in [0.29, 0.717) is 4.47 Å². The van der Waals surface area contributed by atoms with Crippen molar-refractivity contribution in [3.63, 3.8) is 0 Å². The van der Waals surface area contributed by atoms with Gasteiger partial charge in [0, 0.05) is 31.6 Å². The summed E-state index contributed by atoms with van der Waals surface area (Å²) in [5.41, 5.74) is -1.10. The third-order valence-electron chi connectivity index (χ3n) is 3.32. The third-order valence-corrected chi connectivity index (χ3v) is 3.99. The monoisotopic (exact) mass is 343 g/mol. The van der Waals surface area contributed by atoms with Crippen molar-refractivity contribution in [2.75, 3.05) is 13.2 Å². The van der Waals surface area contributed by atoms with Gasteiger partial charge in [0.2, 0.25) is 0 Å². The fraction of sp³-hybridized carbons (Fsp3) is 0.385. The highest BCUT2D eigenvalue weighted by Gasteiger charge is 2.41. The van der Waals surface area contributed by atoms with Crippen LogP contribution in [0.25, 0.3) is 0 Å². The van der Waals surface area contributed by atoms with Crippen LogP contribution in [0.1, 0.15) is 23.2 Å². The molecule has 0 aliphatic carbocycles. The summed E-state index contributed by atoms with van der Waals surface area (Å²) in [7, 11) is 0. The molecule has 0 radical (unpaired) electrons. The van der Waals surface area contributed by atoms with E-state index in [-0.39, 0.29) is 37.4 Å². The Hall–Kier alpha value is -1.60. The Morgan fingerprint density at radius 2 is 1.95 bits per heavy atom. The molecule has 0 spiro atoms. The number of phenolic OH excluding ortho intramolecular Hbond substituents is 1. The van der Waals surface area contributed by atoms with Gasteiger partial charge in [-0.1, -0.05) is 0 Å². The Morgan fingerprint density at radius 1 is 1.30 bits per heavy atom. The third kappa shape index (κ3) is 2.94. The highest BCUT2D eigenvalue weighted by atomic mass is 79.9. The van der Waals surface area contributed by atoms with Gasteiger partial charge in [-0.2, -0.15) is 0 Å². The van der Waals surface area contributed by atoms with Crippen LogP contribution in [-0.4, -0.2) is 40.8 Å². The van der Waals surface area contributed by atoms with E-state index in [1.807, 2.05) is 0 Å². The van der Waals surface area contributed by atoms with E-state index >= 15 is 0 Å². The number of nitrogens with one attached hydrogen (secondary N) is 1. The van der Waals surface area contributed by atoms with Gasteiger partial charge in [-0.05, 0) is 34.1 Å². The summed E-state index contributed by atoms with van der Waals surface area (Å²) < 4.78 is 5.60. The molecule has 108 valence electrons. The van der Waals surface area contributed by atoms with Gasteiger partial charge in [0.1, 0.15) is 11.3 Å². The van der Waals surface area contributed by atoms with Gasteiger partial charge in [0.05, 0.1) is 4.47 Å². The van der Waals surface area contributed by atoms with Crippen molar-refractivity contribution in [3.05, 3.63) is 28.2 Å². The number of phenols is 1. The zero-order valence-electron chi connectivity index (χ0n) is 10.6. The van der Waals surface area contributed by atoms with Crippen molar-refractivity contribution in [1.82, 2.24) is 5.32 Å². The summed E-state index contributed by atoms with van der Waals surface area (Å²) in [6.07, 6.45) is 0.438. The molecule has 1 amide bonds. The quantitative estimate of drug-likeness (QED) is 0.773. The molecule has 1 aliphatic rings. The van der Waals surface area contributed by atoms with Crippen molar-refractivity contribution in [2.24, 2.45) is 0 Å². The average molecular weight is 344 g/mol. The summed E-state index contributed by atoms with van der Waals surface area (Å²) in [5, 5.41) is 21.5. The number of carboxylic acid groups (broad SMARTS) is 1. The fourth-order valence-electron chi connectivity index (χ4n) is 2.06. The minimum Gasteiger partial charge on any atom is -0.507 e. The van der Waals surface area contributed by atoms with Crippen molar-refractivity contribution in [3.8, 4) is 5.75 Å². The maximum Gasteiger partial charge on any atom is 0.329 e. The predicted octanol–water partition coefficient (Wildman–Crippen LogP) is 1.52. The second kappa shape index (κ2) is 5.80. The van der Waals surface area contributed by atoms with Crippen LogP contribution in [0.15, 0.2) is 22.7 Å². The molecule has 0 aromatic heterocycles. The van der Waals surface area contributed by atoms with E-state index in [1.54, 1.807) is 0 Å². The second-order valence-electron chi connectivity index (χ2n) is 4.62. The first kappa shape index (κ1) is 14.8. The highest BCUT2D eigenvalue weighted by Crippen LogP contribution is 2.26. The Kier molecular flexibility index (Phi) is 4.29. The molecule has 1 aromatic carbocycles. The molecule has 3 N–H and O–H groups in total. The van der Waals surface area contributed by atoms with Crippen molar-refractivity contribution in [2.45, 2.75) is 18.4 Å². The molecule has 20 heavy (non-hydrogen) atoms. The highest BCUT2D eigenvalue weighted by molar-refractivity contribution is 9.10. The smallest absolute Gasteiger partial charge is 0.329 e. The molecule has 0 atom stereocenters. The van der Waals surface area contributed by atoms with E-state index in [2.05, 4.69) is 21.2 Å². The number of carbonyl (C=O) groups is 2. The number of benzene rings is 1. The first-order chi connectivity index (χ1) is 9.44. The number of hydrogen-bond acceptors (Lipinski definition) is 4. The van der Waals surface area contributed by atoms with E-state index in [9.17, 15) is 19.8 Å². The van der Waals surface area contributed by atoms with Gasteiger partial charge >= 0.3 is 5.97 Å². The number of carbonyl (C=O) groups excluding carboxylic acids is 1.